The van der Waals surface area contributed by atoms with Gasteiger partial charge in [0.25, 0.3) is 5.91 Å². The lowest BCUT2D eigenvalue weighted by molar-refractivity contribution is 0.0609. The van der Waals surface area contributed by atoms with Gasteiger partial charge >= 0.3 is 0 Å². The first-order valence-corrected chi connectivity index (χ1v) is 6.86. The molecule has 0 radical (unpaired) electrons. The van der Waals surface area contributed by atoms with Gasteiger partial charge in [0.05, 0.1) is 18.7 Å². The van der Waals surface area contributed by atoms with Crippen LogP contribution in [0.1, 0.15) is 36.7 Å². The summed E-state index contributed by atoms with van der Waals surface area (Å²) in [5.74, 6) is 1.23. The number of amides is 1. The number of carbonyl (C=O) groups is 1. The molecule has 0 N–H and O–H groups in total. The van der Waals surface area contributed by atoms with Gasteiger partial charge in [0.1, 0.15) is 0 Å². The molecular weight excluding hydrogens is 310 g/mol. The Kier molecular flexibility index (Phi) is 3.51. The Morgan fingerprint density at radius 1 is 1.26 bits per heavy atom. The summed E-state index contributed by atoms with van der Waals surface area (Å²) in [5.41, 5.74) is 1.42. The van der Waals surface area contributed by atoms with Crippen molar-refractivity contribution in [2.75, 3.05) is 14.2 Å². The Bertz CT molecular complexity index is 534. The smallest absolute Gasteiger partial charge is 0.255 e. The van der Waals surface area contributed by atoms with Crippen molar-refractivity contribution in [3.05, 3.63) is 21.7 Å². The van der Waals surface area contributed by atoms with E-state index in [2.05, 4.69) is 15.9 Å². The van der Waals surface area contributed by atoms with Crippen LogP contribution in [0.2, 0.25) is 0 Å². The molecule has 4 nitrogen and oxygen atoms in total. The van der Waals surface area contributed by atoms with Crippen molar-refractivity contribution in [2.24, 2.45) is 0 Å². The van der Waals surface area contributed by atoms with Gasteiger partial charge in [-0.25, -0.2) is 0 Å². The fourth-order valence-corrected chi connectivity index (χ4v) is 2.95. The topological polar surface area (TPSA) is 38.8 Å². The molecule has 0 spiro atoms. The summed E-state index contributed by atoms with van der Waals surface area (Å²) in [4.78, 5) is 14.3. The molecular formula is C14H18BrNO3. The number of rotatable bonds is 2. The van der Waals surface area contributed by atoms with E-state index in [1.807, 2.05) is 25.7 Å². The molecule has 104 valence electrons. The van der Waals surface area contributed by atoms with Crippen molar-refractivity contribution in [3.8, 4) is 11.5 Å². The van der Waals surface area contributed by atoms with Crippen LogP contribution in [0.25, 0.3) is 0 Å². The summed E-state index contributed by atoms with van der Waals surface area (Å²) in [6.07, 6.45) is 0. The fourth-order valence-electron chi connectivity index (χ4n) is 2.25. The standard InChI is InChI=1S/C14H18BrNO3/c1-14(2,3)16-7-9-8(13(16)17)6-10(18-4)12(19-5)11(9)15/h6H,7H2,1-5H3. The van der Waals surface area contributed by atoms with E-state index >= 15 is 0 Å². The van der Waals surface area contributed by atoms with Crippen molar-refractivity contribution >= 4 is 21.8 Å². The zero-order chi connectivity index (χ0) is 14.4. The molecule has 5 heteroatoms. The summed E-state index contributed by atoms with van der Waals surface area (Å²) < 4.78 is 11.4. The number of carbonyl (C=O) groups excluding carboxylic acids is 1. The highest BCUT2D eigenvalue weighted by Crippen LogP contribution is 2.44. The van der Waals surface area contributed by atoms with Crippen LogP contribution in [0.15, 0.2) is 10.5 Å². The minimum atomic E-state index is -0.212. The van der Waals surface area contributed by atoms with Gasteiger partial charge in [0, 0.05) is 23.2 Å². The number of methoxy groups -OCH3 is 2. The quantitative estimate of drug-likeness (QED) is 0.837. The molecule has 1 heterocycles. The van der Waals surface area contributed by atoms with Gasteiger partial charge in [-0.15, -0.1) is 0 Å². The molecule has 0 aromatic heterocycles. The Labute approximate surface area is 121 Å². The van der Waals surface area contributed by atoms with E-state index in [1.54, 1.807) is 20.3 Å². The molecule has 0 bridgehead atoms. The van der Waals surface area contributed by atoms with E-state index < -0.39 is 0 Å². The Morgan fingerprint density at radius 2 is 1.89 bits per heavy atom. The minimum absolute atomic E-state index is 0.0316. The third kappa shape index (κ3) is 2.20. The van der Waals surface area contributed by atoms with Gasteiger partial charge in [0.2, 0.25) is 0 Å². The number of nitrogens with zero attached hydrogens (tertiary/aromatic N) is 1. The minimum Gasteiger partial charge on any atom is -0.493 e. The van der Waals surface area contributed by atoms with Crippen LogP contribution in [0, 0.1) is 0 Å². The van der Waals surface area contributed by atoms with Gasteiger partial charge in [-0.3, -0.25) is 4.79 Å². The third-order valence-electron chi connectivity index (χ3n) is 3.31. The fraction of sp³-hybridized carbons (Fsp3) is 0.500. The number of fused-ring (bicyclic) bond motifs is 1. The second kappa shape index (κ2) is 4.71. The second-order valence-electron chi connectivity index (χ2n) is 5.51. The molecule has 1 aliphatic heterocycles. The summed E-state index contributed by atoms with van der Waals surface area (Å²) in [7, 11) is 3.16. The van der Waals surface area contributed by atoms with Crippen LogP contribution in [-0.4, -0.2) is 30.6 Å². The van der Waals surface area contributed by atoms with E-state index in [0.717, 1.165) is 10.0 Å². The zero-order valence-corrected chi connectivity index (χ0v) is 13.4. The van der Waals surface area contributed by atoms with Crippen LogP contribution in [0.3, 0.4) is 0 Å². The molecule has 0 unspecified atom stereocenters. The maximum absolute atomic E-state index is 12.5. The zero-order valence-electron chi connectivity index (χ0n) is 11.8. The maximum atomic E-state index is 12.5. The molecule has 19 heavy (non-hydrogen) atoms. The van der Waals surface area contributed by atoms with Crippen LogP contribution in [0.5, 0.6) is 11.5 Å². The number of hydrogen-bond acceptors (Lipinski definition) is 3. The van der Waals surface area contributed by atoms with Crippen molar-refractivity contribution in [1.29, 1.82) is 0 Å². The summed E-state index contributed by atoms with van der Waals surface area (Å²) >= 11 is 3.52. The van der Waals surface area contributed by atoms with Crippen LogP contribution in [0.4, 0.5) is 0 Å². The summed E-state index contributed by atoms with van der Waals surface area (Å²) in [5, 5.41) is 0. The lowest BCUT2D eigenvalue weighted by Crippen LogP contribution is -2.41. The predicted molar refractivity (Wildman–Crippen MR) is 76.9 cm³/mol. The number of ether oxygens (including phenoxy) is 2. The third-order valence-corrected chi connectivity index (χ3v) is 4.15. The monoisotopic (exact) mass is 327 g/mol. The van der Waals surface area contributed by atoms with Gasteiger partial charge in [-0.1, -0.05) is 0 Å². The average molecular weight is 328 g/mol. The van der Waals surface area contributed by atoms with E-state index in [1.165, 1.54) is 0 Å². The number of halogens is 1. The molecule has 0 atom stereocenters. The van der Waals surface area contributed by atoms with Gasteiger partial charge < -0.3 is 14.4 Å². The second-order valence-corrected chi connectivity index (χ2v) is 6.31. The number of benzene rings is 1. The molecule has 0 fully saturated rings. The predicted octanol–water partition coefficient (Wildman–Crippen LogP) is 3.22. The van der Waals surface area contributed by atoms with Crippen LogP contribution in [-0.2, 0) is 6.54 Å². The van der Waals surface area contributed by atoms with E-state index in [0.29, 0.717) is 23.6 Å². The Hall–Kier alpha value is -1.23. The molecule has 1 amide bonds. The molecule has 1 aromatic carbocycles. The summed E-state index contributed by atoms with van der Waals surface area (Å²) in [6.45, 7) is 6.66. The number of hydrogen-bond donors (Lipinski definition) is 0. The molecule has 1 aliphatic rings. The van der Waals surface area contributed by atoms with Gasteiger partial charge in [-0.05, 0) is 42.8 Å². The van der Waals surface area contributed by atoms with Gasteiger partial charge in [0.15, 0.2) is 11.5 Å². The van der Waals surface area contributed by atoms with Crippen molar-refractivity contribution < 1.29 is 14.3 Å². The lowest BCUT2D eigenvalue weighted by atomic mass is 10.1. The van der Waals surface area contributed by atoms with E-state index in [4.69, 9.17) is 9.47 Å². The van der Waals surface area contributed by atoms with E-state index in [-0.39, 0.29) is 11.4 Å². The molecule has 2 rings (SSSR count). The highest BCUT2D eigenvalue weighted by molar-refractivity contribution is 9.10. The SMILES string of the molecule is COc1cc2c(c(Br)c1OC)CN(C(C)(C)C)C2=O. The van der Waals surface area contributed by atoms with Crippen LogP contribution < -0.4 is 9.47 Å². The molecule has 1 aromatic rings. The molecule has 0 saturated heterocycles. The van der Waals surface area contributed by atoms with Crippen molar-refractivity contribution in [2.45, 2.75) is 32.9 Å². The maximum Gasteiger partial charge on any atom is 0.255 e. The normalized spacial score (nSPS) is 14.6. The van der Waals surface area contributed by atoms with Crippen molar-refractivity contribution in [1.82, 2.24) is 4.90 Å². The van der Waals surface area contributed by atoms with Crippen molar-refractivity contribution in [3.63, 3.8) is 0 Å². The van der Waals surface area contributed by atoms with Crippen LogP contribution >= 0.6 is 15.9 Å². The first-order chi connectivity index (χ1) is 8.81. The van der Waals surface area contributed by atoms with E-state index in [9.17, 15) is 4.79 Å². The summed E-state index contributed by atoms with van der Waals surface area (Å²) in [6, 6.07) is 1.76. The lowest BCUT2D eigenvalue weighted by Gasteiger charge is -2.31. The average Bonchev–Trinajstić information content (AvgIpc) is 2.67. The largest absolute Gasteiger partial charge is 0.493 e. The Balaban J connectivity index is 2.58. The highest BCUT2D eigenvalue weighted by Gasteiger charge is 2.37. The van der Waals surface area contributed by atoms with Gasteiger partial charge in [-0.2, -0.15) is 0 Å². The Morgan fingerprint density at radius 3 is 2.37 bits per heavy atom. The molecule has 0 aliphatic carbocycles. The first-order valence-electron chi connectivity index (χ1n) is 6.06. The molecule has 0 saturated carbocycles. The first kappa shape index (κ1) is 14.2. The highest BCUT2D eigenvalue weighted by atomic mass is 79.9.